The number of fused-ring (bicyclic) bond motifs is 1. The number of rotatable bonds is 5. The summed E-state index contributed by atoms with van der Waals surface area (Å²) in [6.07, 6.45) is 1.90. The van der Waals surface area contributed by atoms with Crippen molar-refractivity contribution in [3.8, 4) is 0 Å². The van der Waals surface area contributed by atoms with Crippen LogP contribution in [-0.2, 0) is 24.2 Å². The SMILES string of the molecule is CC(NC(=O)Cc1ccccc1[N+](=O)[O-])c1nnc2n1CCC2. The van der Waals surface area contributed by atoms with Gasteiger partial charge >= 0.3 is 0 Å². The molecular weight excluding hydrogens is 298 g/mol. The third kappa shape index (κ3) is 3.05. The van der Waals surface area contributed by atoms with Crippen molar-refractivity contribution < 1.29 is 9.72 Å². The Kier molecular flexibility index (Phi) is 4.05. The van der Waals surface area contributed by atoms with E-state index in [1.807, 2.05) is 11.5 Å². The second-order valence-electron chi connectivity index (χ2n) is 5.58. The summed E-state index contributed by atoms with van der Waals surface area (Å²) < 4.78 is 2.02. The third-order valence-electron chi connectivity index (χ3n) is 3.94. The minimum Gasteiger partial charge on any atom is -0.346 e. The Hall–Kier alpha value is -2.77. The molecule has 1 aromatic carbocycles. The van der Waals surface area contributed by atoms with Gasteiger partial charge in [0.2, 0.25) is 5.91 Å². The van der Waals surface area contributed by atoms with Crippen LogP contribution in [-0.4, -0.2) is 25.6 Å². The molecule has 0 radical (unpaired) electrons. The maximum Gasteiger partial charge on any atom is 0.273 e. The van der Waals surface area contributed by atoms with Crippen molar-refractivity contribution >= 4 is 11.6 Å². The van der Waals surface area contributed by atoms with E-state index >= 15 is 0 Å². The molecule has 0 bridgehead atoms. The first-order valence-electron chi connectivity index (χ1n) is 7.50. The van der Waals surface area contributed by atoms with Gasteiger partial charge in [0.05, 0.1) is 17.4 Å². The molecule has 0 aliphatic carbocycles. The summed E-state index contributed by atoms with van der Waals surface area (Å²) in [7, 11) is 0. The van der Waals surface area contributed by atoms with Gasteiger partial charge in [0.25, 0.3) is 5.69 Å². The van der Waals surface area contributed by atoms with Crippen molar-refractivity contribution in [1.29, 1.82) is 0 Å². The lowest BCUT2D eigenvalue weighted by Crippen LogP contribution is -2.30. The van der Waals surface area contributed by atoms with Crippen LogP contribution < -0.4 is 5.32 Å². The molecule has 1 aromatic heterocycles. The molecule has 0 saturated carbocycles. The van der Waals surface area contributed by atoms with Crippen molar-refractivity contribution in [1.82, 2.24) is 20.1 Å². The fourth-order valence-electron chi connectivity index (χ4n) is 2.86. The Morgan fingerprint density at radius 2 is 2.22 bits per heavy atom. The maximum atomic E-state index is 12.2. The van der Waals surface area contributed by atoms with E-state index in [0.29, 0.717) is 5.56 Å². The molecule has 0 saturated heterocycles. The summed E-state index contributed by atoms with van der Waals surface area (Å²) in [4.78, 5) is 22.7. The van der Waals surface area contributed by atoms with Crippen LogP contribution in [0.2, 0.25) is 0 Å². The van der Waals surface area contributed by atoms with Crippen molar-refractivity contribution in [2.75, 3.05) is 0 Å². The van der Waals surface area contributed by atoms with E-state index in [1.54, 1.807) is 18.2 Å². The number of nitro benzene ring substituents is 1. The zero-order chi connectivity index (χ0) is 16.4. The summed E-state index contributed by atoms with van der Waals surface area (Å²) in [6, 6.07) is 5.98. The standard InChI is InChI=1S/C15H17N5O3/c1-10(15-18-17-13-7-4-8-19(13)15)16-14(21)9-11-5-2-3-6-12(11)20(22)23/h2-3,5-6,10H,4,7-9H2,1H3,(H,16,21). The molecule has 120 valence electrons. The summed E-state index contributed by atoms with van der Waals surface area (Å²) in [5.41, 5.74) is 0.354. The van der Waals surface area contributed by atoms with Gasteiger partial charge in [-0.1, -0.05) is 18.2 Å². The predicted octanol–water partition coefficient (Wildman–Crippen LogP) is 1.55. The number of hydrogen-bond donors (Lipinski definition) is 1. The number of carbonyl (C=O) groups is 1. The maximum absolute atomic E-state index is 12.2. The van der Waals surface area contributed by atoms with Crippen LogP contribution in [0.1, 0.15) is 36.6 Å². The van der Waals surface area contributed by atoms with Crippen LogP contribution >= 0.6 is 0 Å². The number of aryl methyl sites for hydroxylation is 1. The average Bonchev–Trinajstić information content (AvgIpc) is 3.09. The number of hydrogen-bond acceptors (Lipinski definition) is 5. The highest BCUT2D eigenvalue weighted by molar-refractivity contribution is 5.80. The van der Waals surface area contributed by atoms with Crippen molar-refractivity contribution in [2.45, 2.75) is 38.8 Å². The van der Waals surface area contributed by atoms with Crippen LogP contribution in [0.4, 0.5) is 5.69 Å². The molecule has 2 heterocycles. The van der Waals surface area contributed by atoms with E-state index in [1.165, 1.54) is 6.07 Å². The fraction of sp³-hybridized carbons (Fsp3) is 0.400. The molecule has 0 spiro atoms. The molecule has 1 unspecified atom stereocenters. The number of para-hydroxylation sites is 1. The van der Waals surface area contributed by atoms with E-state index in [4.69, 9.17) is 0 Å². The normalized spacial score (nSPS) is 14.3. The summed E-state index contributed by atoms with van der Waals surface area (Å²) in [5, 5.41) is 22.1. The van der Waals surface area contributed by atoms with E-state index in [-0.39, 0.29) is 24.1 Å². The Bertz CT molecular complexity index is 755. The highest BCUT2D eigenvalue weighted by Gasteiger charge is 2.23. The van der Waals surface area contributed by atoms with Crippen molar-refractivity contribution in [2.24, 2.45) is 0 Å². The zero-order valence-corrected chi connectivity index (χ0v) is 12.7. The minimum atomic E-state index is -0.475. The zero-order valence-electron chi connectivity index (χ0n) is 12.7. The third-order valence-corrected chi connectivity index (χ3v) is 3.94. The lowest BCUT2D eigenvalue weighted by molar-refractivity contribution is -0.385. The molecule has 3 rings (SSSR count). The highest BCUT2D eigenvalue weighted by Crippen LogP contribution is 2.20. The van der Waals surface area contributed by atoms with Gasteiger partial charge in [-0.05, 0) is 13.3 Å². The van der Waals surface area contributed by atoms with Gasteiger partial charge in [-0.15, -0.1) is 10.2 Å². The van der Waals surface area contributed by atoms with Crippen LogP contribution in [0.5, 0.6) is 0 Å². The summed E-state index contributed by atoms with van der Waals surface area (Å²) >= 11 is 0. The topological polar surface area (TPSA) is 103 Å². The number of benzene rings is 1. The van der Waals surface area contributed by atoms with Gasteiger partial charge in [0, 0.05) is 24.6 Å². The van der Waals surface area contributed by atoms with Crippen LogP contribution in [0.25, 0.3) is 0 Å². The second-order valence-corrected chi connectivity index (χ2v) is 5.58. The lowest BCUT2D eigenvalue weighted by Gasteiger charge is -2.14. The first kappa shape index (κ1) is 15.1. The molecule has 1 amide bonds. The first-order valence-corrected chi connectivity index (χ1v) is 7.50. The Morgan fingerprint density at radius 3 is 3.00 bits per heavy atom. The van der Waals surface area contributed by atoms with E-state index < -0.39 is 4.92 Å². The van der Waals surface area contributed by atoms with Crippen LogP contribution in [0.3, 0.4) is 0 Å². The largest absolute Gasteiger partial charge is 0.346 e. The minimum absolute atomic E-state index is 0.0392. The molecule has 8 heteroatoms. The quantitative estimate of drug-likeness (QED) is 0.666. The molecule has 0 fully saturated rings. The highest BCUT2D eigenvalue weighted by atomic mass is 16.6. The van der Waals surface area contributed by atoms with Gasteiger partial charge in [-0.25, -0.2) is 0 Å². The van der Waals surface area contributed by atoms with E-state index in [9.17, 15) is 14.9 Å². The summed E-state index contributed by atoms with van der Waals surface area (Å²) in [6.45, 7) is 2.70. The molecule has 1 atom stereocenters. The van der Waals surface area contributed by atoms with Gasteiger partial charge in [-0.3, -0.25) is 14.9 Å². The van der Waals surface area contributed by atoms with Gasteiger partial charge < -0.3 is 9.88 Å². The summed E-state index contributed by atoms with van der Waals surface area (Å²) in [5.74, 6) is 1.40. The van der Waals surface area contributed by atoms with Gasteiger partial charge in [0.15, 0.2) is 5.82 Å². The number of carbonyl (C=O) groups excluding carboxylic acids is 1. The molecule has 1 aliphatic heterocycles. The number of nitro groups is 1. The van der Waals surface area contributed by atoms with Crippen LogP contribution in [0, 0.1) is 10.1 Å². The van der Waals surface area contributed by atoms with Crippen molar-refractivity contribution in [3.05, 3.63) is 51.6 Å². The van der Waals surface area contributed by atoms with Crippen LogP contribution in [0.15, 0.2) is 24.3 Å². The molecular formula is C15H17N5O3. The second kappa shape index (κ2) is 6.15. The van der Waals surface area contributed by atoms with Crippen molar-refractivity contribution in [3.63, 3.8) is 0 Å². The molecule has 1 N–H and O–H groups in total. The van der Waals surface area contributed by atoms with Gasteiger partial charge in [0.1, 0.15) is 5.82 Å². The predicted molar refractivity (Wildman–Crippen MR) is 81.7 cm³/mol. The smallest absolute Gasteiger partial charge is 0.273 e. The van der Waals surface area contributed by atoms with E-state index in [0.717, 1.165) is 31.0 Å². The Morgan fingerprint density at radius 1 is 1.43 bits per heavy atom. The Labute approximate surface area is 132 Å². The first-order chi connectivity index (χ1) is 11.1. The number of nitrogens with one attached hydrogen (secondary N) is 1. The fourth-order valence-corrected chi connectivity index (χ4v) is 2.86. The molecule has 1 aliphatic rings. The van der Waals surface area contributed by atoms with Gasteiger partial charge in [-0.2, -0.15) is 0 Å². The molecule has 23 heavy (non-hydrogen) atoms. The number of nitrogens with zero attached hydrogens (tertiary/aromatic N) is 4. The lowest BCUT2D eigenvalue weighted by atomic mass is 10.1. The van der Waals surface area contributed by atoms with E-state index in [2.05, 4.69) is 15.5 Å². The number of amides is 1. The molecule has 8 nitrogen and oxygen atoms in total. The monoisotopic (exact) mass is 315 g/mol. The Balaban J connectivity index is 1.69. The molecule has 2 aromatic rings. The number of aromatic nitrogens is 3. The average molecular weight is 315 g/mol.